The van der Waals surface area contributed by atoms with Crippen LogP contribution in [0.5, 0.6) is 0 Å². The Balaban J connectivity index is 1.23. The van der Waals surface area contributed by atoms with Crippen LogP contribution in [-0.4, -0.2) is 59.6 Å². The van der Waals surface area contributed by atoms with Crippen molar-refractivity contribution in [3.8, 4) is 5.82 Å². The molecule has 3 aromatic rings. The maximum Gasteiger partial charge on any atom is 0.416 e. The van der Waals surface area contributed by atoms with E-state index in [1.807, 2.05) is 47.6 Å². The van der Waals surface area contributed by atoms with E-state index in [1.54, 1.807) is 12.3 Å². The van der Waals surface area contributed by atoms with Gasteiger partial charge in [0.15, 0.2) is 0 Å². The molecule has 9 heteroatoms. The number of hydrogen-bond acceptors (Lipinski definition) is 4. The fraction of sp³-hybridized carbons (Fsp3) is 0.385. The van der Waals surface area contributed by atoms with Gasteiger partial charge >= 0.3 is 6.18 Å². The summed E-state index contributed by atoms with van der Waals surface area (Å²) in [6, 6.07) is 13.1. The Hall–Kier alpha value is -3.33. The van der Waals surface area contributed by atoms with Crippen molar-refractivity contribution in [2.75, 3.05) is 44.2 Å². The Labute approximate surface area is 203 Å². The number of aromatic nitrogens is 2. The zero-order valence-electron chi connectivity index (χ0n) is 20.0. The molecule has 1 aliphatic heterocycles. The van der Waals surface area contributed by atoms with Gasteiger partial charge < -0.3 is 14.8 Å². The summed E-state index contributed by atoms with van der Waals surface area (Å²) in [5.41, 5.74) is 2.43. The van der Waals surface area contributed by atoms with E-state index in [0.717, 1.165) is 49.3 Å². The molecule has 0 radical (unpaired) electrons. The smallest absolute Gasteiger partial charge is 0.369 e. The van der Waals surface area contributed by atoms with Crippen LogP contribution in [0.3, 0.4) is 0 Å². The molecular weight excluding hydrogens is 455 g/mol. The van der Waals surface area contributed by atoms with Gasteiger partial charge in [-0.1, -0.05) is 12.1 Å². The summed E-state index contributed by atoms with van der Waals surface area (Å²) in [5.74, 6) is 0.681. The predicted octanol–water partition coefficient (Wildman–Crippen LogP) is 4.45. The van der Waals surface area contributed by atoms with Crippen molar-refractivity contribution in [3.63, 3.8) is 0 Å². The van der Waals surface area contributed by atoms with Crippen LogP contribution < -0.4 is 10.2 Å². The SMILES string of the molecule is Cc1cc(C(=O)NCCCN2CCN(c3cccc(C(F)(F)F)c3)CC2)c(C)n1-c1ccccn1. The summed E-state index contributed by atoms with van der Waals surface area (Å²) < 4.78 is 41.0. The molecule has 0 unspecified atom stereocenters. The molecule has 1 saturated heterocycles. The molecule has 0 atom stereocenters. The maximum atomic E-state index is 13.0. The standard InChI is InChI=1S/C26H30F3N5O/c1-19-17-23(20(2)34(19)24-9-3-4-10-30-24)25(35)31-11-6-12-32-13-15-33(16-14-32)22-8-5-7-21(18-22)26(27,28)29/h3-5,7-10,17-18H,6,11-16H2,1-2H3,(H,31,35). The quantitative estimate of drug-likeness (QED) is 0.503. The lowest BCUT2D eigenvalue weighted by molar-refractivity contribution is -0.137. The summed E-state index contributed by atoms with van der Waals surface area (Å²) in [6.45, 7) is 8.15. The number of aryl methyl sites for hydroxylation is 1. The third kappa shape index (κ3) is 5.85. The van der Waals surface area contributed by atoms with Crippen LogP contribution in [0.2, 0.25) is 0 Å². The summed E-state index contributed by atoms with van der Waals surface area (Å²) in [4.78, 5) is 21.4. The minimum absolute atomic E-state index is 0.102. The molecule has 2 aromatic heterocycles. The lowest BCUT2D eigenvalue weighted by Gasteiger charge is -2.36. The highest BCUT2D eigenvalue weighted by atomic mass is 19.4. The highest BCUT2D eigenvalue weighted by Gasteiger charge is 2.31. The average Bonchev–Trinajstić information content (AvgIpc) is 3.16. The molecule has 0 aliphatic carbocycles. The second kappa shape index (κ2) is 10.5. The van der Waals surface area contributed by atoms with Crippen LogP contribution in [0.25, 0.3) is 5.82 Å². The number of amides is 1. The highest BCUT2D eigenvalue weighted by molar-refractivity contribution is 5.95. The van der Waals surface area contributed by atoms with Crippen molar-refractivity contribution in [1.29, 1.82) is 0 Å². The first-order chi connectivity index (χ1) is 16.7. The van der Waals surface area contributed by atoms with Crippen molar-refractivity contribution < 1.29 is 18.0 Å². The fourth-order valence-electron chi connectivity index (χ4n) is 4.54. The first-order valence-electron chi connectivity index (χ1n) is 11.8. The van der Waals surface area contributed by atoms with Crippen molar-refractivity contribution in [1.82, 2.24) is 19.8 Å². The Morgan fingerprint density at radius 3 is 2.49 bits per heavy atom. The van der Waals surface area contributed by atoms with E-state index in [-0.39, 0.29) is 5.91 Å². The number of piperazine rings is 1. The molecule has 0 spiro atoms. The van der Waals surface area contributed by atoms with Gasteiger partial charge in [0.25, 0.3) is 5.91 Å². The summed E-state index contributed by atoms with van der Waals surface area (Å²) in [6.07, 6.45) is -1.80. The second-order valence-electron chi connectivity index (χ2n) is 8.79. The molecule has 1 fully saturated rings. The molecule has 3 heterocycles. The largest absolute Gasteiger partial charge is 0.416 e. The monoisotopic (exact) mass is 485 g/mol. The molecule has 4 rings (SSSR count). The molecule has 6 nitrogen and oxygen atoms in total. The molecule has 186 valence electrons. The Morgan fingerprint density at radius 2 is 1.80 bits per heavy atom. The van der Waals surface area contributed by atoms with Crippen LogP contribution in [0, 0.1) is 13.8 Å². The molecule has 0 saturated carbocycles. The average molecular weight is 486 g/mol. The summed E-state index contributed by atoms with van der Waals surface area (Å²) in [7, 11) is 0. The number of pyridine rings is 1. The number of nitrogens with one attached hydrogen (secondary N) is 1. The predicted molar refractivity (Wildman–Crippen MR) is 130 cm³/mol. The Bertz CT molecular complexity index is 1150. The van der Waals surface area contributed by atoms with E-state index < -0.39 is 11.7 Å². The first-order valence-corrected chi connectivity index (χ1v) is 11.8. The minimum atomic E-state index is -4.33. The maximum absolute atomic E-state index is 13.0. The van der Waals surface area contributed by atoms with Crippen molar-refractivity contribution in [2.24, 2.45) is 0 Å². The summed E-state index contributed by atoms with van der Waals surface area (Å²) in [5, 5.41) is 3.01. The number of rotatable bonds is 7. The molecule has 1 amide bonds. The third-order valence-corrected chi connectivity index (χ3v) is 6.40. The fourth-order valence-corrected chi connectivity index (χ4v) is 4.54. The molecule has 35 heavy (non-hydrogen) atoms. The zero-order valence-corrected chi connectivity index (χ0v) is 20.0. The van der Waals surface area contributed by atoms with Crippen molar-refractivity contribution >= 4 is 11.6 Å². The van der Waals surface area contributed by atoms with Gasteiger partial charge in [-0.2, -0.15) is 13.2 Å². The van der Waals surface area contributed by atoms with Gasteiger partial charge in [0.1, 0.15) is 5.82 Å². The number of nitrogens with zero attached hydrogens (tertiary/aromatic N) is 4. The zero-order chi connectivity index (χ0) is 25.0. The number of alkyl halides is 3. The van der Waals surface area contributed by atoms with E-state index in [0.29, 0.717) is 30.9 Å². The Kier molecular flexibility index (Phi) is 7.45. The van der Waals surface area contributed by atoms with E-state index >= 15 is 0 Å². The molecule has 1 N–H and O–H groups in total. The number of hydrogen-bond donors (Lipinski definition) is 1. The normalized spacial score (nSPS) is 14.8. The molecular formula is C26H30F3N5O. The topological polar surface area (TPSA) is 53.4 Å². The van der Waals surface area contributed by atoms with Crippen LogP contribution in [0.1, 0.15) is 33.7 Å². The van der Waals surface area contributed by atoms with Crippen LogP contribution in [0.15, 0.2) is 54.7 Å². The van der Waals surface area contributed by atoms with Gasteiger partial charge in [-0.15, -0.1) is 0 Å². The molecule has 1 aliphatic rings. The third-order valence-electron chi connectivity index (χ3n) is 6.40. The lowest BCUT2D eigenvalue weighted by Crippen LogP contribution is -2.47. The Morgan fingerprint density at radius 1 is 1.03 bits per heavy atom. The first kappa shape index (κ1) is 24.8. The van der Waals surface area contributed by atoms with Gasteiger partial charge in [-0.25, -0.2) is 4.98 Å². The van der Waals surface area contributed by atoms with Gasteiger partial charge in [0.05, 0.1) is 11.1 Å². The van der Waals surface area contributed by atoms with Gasteiger partial charge in [-0.05, 0) is 63.2 Å². The van der Waals surface area contributed by atoms with Crippen LogP contribution in [0.4, 0.5) is 18.9 Å². The molecule has 0 bridgehead atoms. The molecule has 1 aromatic carbocycles. The number of anilines is 1. The van der Waals surface area contributed by atoms with Crippen LogP contribution in [-0.2, 0) is 6.18 Å². The van der Waals surface area contributed by atoms with Crippen molar-refractivity contribution in [2.45, 2.75) is 26.4 Å². The number of halogens is 3. The summed E-state index contributed by atoms with van der Waals surface area (Å²) >= 11 is 0. The van der Waals surface area contributed by atoms with E-state index in [9.17, 15) is 18.0 Å². The lowest BCUT2D eigenvalue weighted by atomic mass is 10.1. The van der Waals surface area contributed by atoms with E-state index in [1.165, 1.54) is 12.1 Å². The highest BCUT2D eigenvalue weighted by Crippen LogP contribution is 2.31. The van der Waals surface area contributed by atoms with E-state index in [4.69, 9.17) is 0 Å². The number of benzene rings is 1. The number of carbonyl (C=O) groups excluding carboxylic acids is 1. The second-order valence-corrected chi connectivity index (χ2v) is 8.79. The minimum Gasteiger partial charge on any atom is -0.369 e. The van der Waals surface area contributed by atoms with E-state index in [2.05, 4.69) is 15.2 Å². The van der Waals surface area contributed by atoms with Crippen molar-refractivity contribution in [3.05, 3.63) is 77.2 Å². The van der Waals surface area contributed by atoms with Crippen LogP contribution >= 0.6 is 0 Å². The van der Waals surface area contributed by atoms with Gasteiger partial charge in [-0.3, -0.25) is 9.69 Å². The van der Waals surface area contributed by atoms with Gasteiger partial charge in [0, 0.05) is 56.0 Å². The number of carbonyl (C=O) groups is 1. The van der Waals surface area contributed by atoms with Gasteiger partial charge in [0.2, 0.25) is 0 Å².